The van der Waals surface area contributed by atoms with Crippen LogP contribution in [0.2, 0.25) is 0 Å². The lowest BCUT2D eigenvalue weighted by Crippen LogP contribution is -2.15. The van der Waals surface area contributed by atoms with Crippen LogP contribution in [0.4, 0.5) is 5.69 Å². The van der Waals surface area contributed by atoms with Gasteiger partial charge in [-0.2, -0.15) is 5.10 Å². The average molecular weight is 398 g/mol. The Bertz CT molecular complexity index is 1430. The van der Waals surface area contributed by atoms with Gasteiger partial charge in [0, 0.05) is 23.5 Å². The fourth-order valence-corrected chi connectivity index (χ4v) is 3.60. The smallest absolute Gasteiger partial charge is 0.261 e. The molecule has 0 fully saturated rings. The highest BCUT2D eigenvalue weighted by molar-refractivity contribution is 5.94. The molecule has 0 aliphatic carbocycles. The number of carbonyl (C=O) groups excluding carboxylic acids is 1. The first-order valence-electron chi connectivity index (χ1n) is 9.56. The second-order valence-electron chi connectivity index (χ2n) is 6.95. The lowest BCUT2D eigenvalue weighted by Gasteiger charge is -2.11. The number of amides is 1. The van der Waals surface area contributed by atoms with E-state index in [1.165, 1.54) is 12.5 Å². The molecule has 0 saturated carbocycles. The fraction of sp³-hybridized carbons (Fsp3) is 0.0909. The Kier molecular flexibility index (Phi) is 4.36. The minimum Gasteiger partial charge on any atom is -0.361 e. The third kappa shape index (κ3) is 3.14. The largest absolute Gasteiger partial charge is 0.361 e. The number of para-hydroxylation sites is 3. The Morgan fingerprint density at radius 3 is 2.80 bits per heavy atom. The van der Waals surface area contributed by atoms with E-state index in [9.17, 15) is 9.59 Å². The number of nitrogens with zero attached hydrogens (tertiary/aromatic N) is 3. The molecule has 5 rings (SSSR count). The van der Waals surface area contributed by atoms with E-state index in [-0.39, 0.29) is 11.5 Å². The van der Waals surface area contributed by atoms with Gasteiger partial charge in [0.25, 0.3) is 5.56 Å². The maximum absolute atomic E-state index is 12.7. The van der Waals surface area contributed by atoms with Gasteiger partial charge in [-0.3, -0.25) is 9.59 Å². The van der Waals surface area contributed by atoms with Crippen LogP contribution in [0.3, 0.4) is 0 Å². The number of fused-ring (bicyclic) bond motifs is 2. The quantitative estimate of drug-likeness (QED) is 0.422. The molecule has 0 atom stereocenters. The van der Waals surface area contributed by atoms with Gasteiger partial charge in [-0.1, -0.05) is 30.3 Å². The second-order valence-corrected chi connectivity index (χ2v) is 6.95. The summed E-state index contributed by atoms with van der Waals surface area (Å²) in [4.78, 5) is 34.6. The van der Waals surface area contributed by atoms with Gasteiger partial charge in [0.05, 0.1) is 23.9 Å². The van der Waals surface area contributed by atoms with E-state index in [4.69, 9.17) is 0 Å². The summed E-state index contributed by atoms with van der Waals surface area (Å²) < 4.78 is 1.56. The zero-order chi connectivity index (χ0) is 20.5. The van der Waals surface area contributed by atoms with Crippen molar-refractivity contribution in [1.82, 2.24) is 24.7 Å². The zero-order valence-electron chi connectivity index (χ0n) is 15.9. The number of aromatic nitrogens is 5. The molecule has 0 aliphatic rings. The van der Waals surface area contributed by atoms with Crippen molar-refractivity contribution >= 4 is 33.5 Å². The molecule has 0 radical (unpaired) electrons. The van der Waals surface area contributed by atoms with Crippen LogP contribution in [0.15, 0.2) is 72.0 Å². The summed E-state index contributed by atoms with van der Waals surface area (Å²) in [5, 5.41) is 8.78. The van der Waals surface area contributed by atoms with Crippen molar-refractivity contribution in [3.8, 4) is 5.69 Å². The van der Waals surface area contributed by atoms with Crippen LogP contribution in [-0.4, -0.2) is 30.6 Å². The molecule has 8 nitrogen and oxygen atoms in total. The number of hydrogen-bond donors (Lipinski definition) is 3. The van der Waals surface area contributed by atoms with Crippen molar-refractivity contribution < 1.29 is 4.79 Å². The minimum absolute atomic E-state index is 0.102. The van der Waals surface area contributed by atoms with Gasteiger partial charge in [-0.05, 0) is 30.2 Å². The number of H-pyrrole nitrogens is 2. The minimum atomic E-state index is -0.258. The number of benzene rings is 2. The van der Waals surface area contributed by atoms with Crippen LogP contribution in [0.1, 0.15) is 12.0 Å². The molecule has 3 heterocycles. The molecule has 3 N–H and O–H groups in total. The van der Waals surface area contributed by atoms with Crippen LogP contribution < -0.4 is 10.9 Å². The molecule has 8 heteroatoms. The lowest BCUT2D eigenvalue weighted by molar-refractivity contribution is -0.116. The van der Waals surface area contributed by atoms with E-state index in [0.717, 1.165) is 16.5 Å². The molecule has 0 unspecified atom stereocenters. The summed E-state index contributed by atoms with van der Waals surface area (Å²) in [5.41, 5.74) is 3.59. The molecule has 0 bridgehead atoms. The van der Waals surface area contributed by atoms with Gasteiger partial charge in [-0.25, -0.2) is 9.67 Å². The molecule has 3 aromatic heterocycles. The molecule has 1 amide bonds. The summed E-state index contributed by atoms with van der Waals surface area (Å²) in [5.74, 6) is -0.102. The van der Waals surface area contributed by atoms with Crippen LogP contribution in [0.5, 0.6) is 0 Å². The van der Waals surface area contributed by atoms with Crippen molar-refractivity contribution in [2.45, 2.75) is 12.8 Å². The Balaban J connectivity index is 1.38. The third-order valence-electron chi connectivity index (χ3n) is 5.07. The summed E-state index contributed by atoms with van der Waals surface area (Å²) >= 11 is 0. The lowest BCUT2D eigenvalue weighted by atomic mass is 10.1. The molecule has 0 spiro atoms. The van der Waals surface area contributed by atoms with Crippen LogP contribution >= 0.6 is 0 Å². The van der Waals surface area contributed by atoms with E-state index in [1.807, 2.05) is 48.7 Å². The van der Waals surface area contributed by atoms with Gasteiger partial charge < -0.3 is 15.3 Å². The van der Waals surface area contributed by atoms with Crippen molar-refractivity contribution in [3.63, 3.8) is 0 Å². The second kappa shape index (κ2) is 7.32. The molecule has 0 aliphatic heterocycles. The molecule has 148 valence electrons. The van der Waals surface area contributed by atoms with Crippen molar-refractivity contribution in [1.29, 1.82) is 0 Å². The van der Waals surface area contributed by atoms with E-state index in [0.29, 0.717) is 35.2 Å². The zero-order valence-corrected chi connectivity index (χ0v) is 15.9. The molecular formula is C22H18N6O2. The average Bonchev–Trinajstić information content (AvgIpc) is 3.38. The number of rotatable bonds is 5. The van der Waals surface area contributed by atoms with Crippen LogP contribution in [-0.2, 0) is 11.2 Å². The molecule has 0 saturated heterocycles. The van der Waals surface area contributed by atoms with Gasteiger partial charge in [0.1, 0.15) is 5.39 Å². The van der Waals surface area contributed by atoms with Gasteiger partial charge in [-0.15, -0.1) is 0 Å². The number of aromatic amines is 2. The molecular weight excluding hydrogens is 380 g/mol. The van der Waals surface area contributed by atoms with Gasteiger partial charge >= 0.3 is 0 Å². The van der Waals surface area contributed by atoms with Crippen molar-refractivity contribution in [3.05, 3.63) is 83.2 Å². The Labute approximate surface area is 170 Å². The highest BCUT2D eigenvalue weighted by Gasteiger charge is 2.14. The maximum Gasteiger partial charge on any atom is 0.261 e. The normalized spacial score (nSPS) is 11.2. The SMILES string of the molecule is O=C(CCc1c[nH]c2ccccc12)Nc1ccccc1-n1ncc2c(=O)[nH]cnc21. The standard InChI is InChI=1S/C22H18N6O2/c29-20(10-9-14-11-23-17-6-2-1-5-15(14)17)27-18-7-3-4-8-19(18)28-21-16(12-26-28)22(30)25-13-24-21/h1-8,11-13,23H,9-10H2,(H,27,29)(H,24,25,30). The number of hydrogen-bond acceptors (Lipinski definition) is 4. The Hall–Kier alpha value is -4.20. The summed E-state index contributed by atoms with van der Waals surface area (Å²) in [6.45, 7) is 0. The Morgan fingerprint density at radius 1 is 1.03 bits per heavy atom. The monoisotopic (exact) mass is 398 g/mol. The predicted molar refractivity (Wildman–Crippen MR) is 115 cm³/mol. The molecule has 30 heavy (non-hydrogen) atoms. The van der Waals surface area contributed by atoms with Crippen molar-refractivity contribution in [2.75, 3.05) is 5.32 Å². The highest BCUT2D eigenvalue weighted by Crippen LogP contribution is 2.23. The first kappa shape index (κ1) is 17.9. The Morgan fingerprint density at radius 2 is 1.87 bits per heavy atom. The summed E-state index contributed by atoms with van der Waals surface area (Å²) in [7, 11) is 0. The summed E-state index contributed by atoms with van der Waals surface area (Å²) in [6.07, 6.45) is 5.72. The van der Waals surface area contributed by atoms with E-state index in [2.05, 4.69) is 25.4 Å². The first-order valence-corrected chi connectivity index (χ1v) is 9.56. The number of nitrogens with one attached hydrogen (secondary N) is 3. The summed E-state index contributed by atoms with van der Waals surface area (Å²) in [6, 6.07) is 15.3. The molecule has 5 aromatic rings. The number of carbonyl (C=O) groups is 1. The maximum atomic E-state index is 12.7. The topological polar surface area (TPSA) is 108 Å². The first-order chi connectivity index (χ1) is 14.7. The van der Waals surface area contributed by atoms with Crippen molar-refractivity contribution in [2.24, 2.45) is 0 Å². The fourth-order valence-electron chi connectivity index (χ4n) is 3.60. The van der Waals surface area contributed by atoms with Crippen LogP contribution in [0.25, 0.3) is 27.6 Å². The van der Waals surface area contributed by atoms with Gasteiger partial charge in [0.2, 0.25) is 5.91 Å². The van der Waals surface area contributed by atoms with Gasteiger partial charge in [0.15, 0.2) is 5.65 Å². The predicted octanol–water partition coefficient (Wildman–Crippen LogP) is 3.16. The number of aryl methyl sites for hydroxylation is 1. The van der Waals surface area contributed by atoms with Crippen LogP contribution in [0, 0.1) is 0 Å². The van der Waals surface area contributed by atoms with E-state index in [1.54, 1.807) is 10.7 Å². The van der Waals surface area contributed by atoms with E-state index < -0.39 is 0 Å². The highest BCUT2D eigenvalue weighted by atomic mass is 16.1. The number of anilines is 1. The third-order valence-corrected chi connectivity index (χ3v) is 5.07. The molecule has 2 aromatic carbocycles. The van der Waals surface area contributed by atoms with E-state index >= 15 is 0 Å².